The highest BCUT2D eigenvalue weighted by Crippen LogP contribution is 2.32. The lowest BCUT2D eigenvalue weighted by Crippen LogP contribution is -2.36. The van der Waals surface area contributed by atoms with Crippen LogP contribution in [0.3, 0.4) is 0 Å². The number of hydrogen-bond donors (Lipinski definition) is 1. The zero-order chi connectivity index (χ0) is 16.4. The average molecular weight is 316 g/mol. The van der Waals surface area contributed by atoms with Gasteiger partial charge in [0.2, 0.25) is 5.91 Å². The Morgan fingerprint density at radius 3 is 2.83 bits per heavy atom. The molecule has 0 aliphatic carbocycles. The molecule has 0 radical (unpaired) electrons. The molecule has 3 nitrogen and oxygen atoms in total. The van der Waals surface area contributed by atoms with Gasteiger partial charge in [-0.25, -0.2) is 8.78 Å². The summed E-state index contributed by atoms with van der Waals surface area (Å²) in [6.07, 6.45) is 1.09. The molecule has 1 atom stereocenters. The van der Waals surface area contributed by atoms with Crippen LogP contribution in [0.2, 0.25) is 0 Å². The third kappa shape index (κ3) is 3.18. The summed E-state index contributed by atoms with van der Waals surface area (Å²) in [5, 5.41) is 2.84. The Kier molecular flexibility index (Phi) is 4.28. The van der Waals surface area contributed by atoms with E-state index in [4.69, 9.17) is 0 Å². The summed E-state index contributed by atoms with van der Waals surface area (Å²) in [5.74, 6) is -1.28. The van der Waals surface area contributed by atoms with Gasteiger partial charge in [0.25, 0.3) is 0 Å². The standard InChI is InChI=1S/C18H18F2N2O/c1-12-10-13-4-2-3-5-17(13)22(12)18(23)8-9-21-16-7-6-14(19)11-15(16)20/h2-7,11-12,21H,8-10H2,1H3. The molecule has 0 spiro atoms. The predicted molar refractivity (Wildman–Crippen MR) is 86.6 cm³/mol. The normalized spacial score (nSPS) is 16.3. The lowest BCUT2D eigenvalue weighted by molar-refractivity contribution is -0.118. The van der Waals surface area contributed by atoms with E-state index >= 15 is 0 Å². The van der Waals surface area contributed by atoms with E-state index in [-0.39, 0.29) is 24.1 Å². The molecule has 1 N–H and O–H groups in total. The zero-order valence-corrected chi connectivity index (χ0v) is 12.9. The van der Waals surface area contributed by atoms with Crippen molar-refractivity contribution >= 4 is 17.3 Å². The van der Waals surface area contributed by atoms with Gasteiger partial charge in [-0.05, 0) is 37.1 Å². The average Bonchev–Trinajstić information content (AvgIpc) is 2.85. The molecule has 0 aromatic heterocycles. The number of benzene rings is 2. The van der Waals surface area contributed by atoms with E-state index < -0.39 is 11.6 Å². The Hall–Kier alpha value is -2.43. The fourth-order valence-electron chi connectivity index (χ4n) is 3.00. The number of halogens is 2. The molecular formula is C18H18F2N2O. The van der Waals surface area contributed by atoms with Gasteiger partial charge in [-0.15, -0.1) is 0 Å². The lowest BCUT2D eigenvalue weighted by Gasteiger charge is -2.23. The van der Waals surface area contributed by atoms with Gasteiger partial charge >= 0.3 is 0 Å². The van der Waals surface area contributed by atoms with Crippen molar-refractivity contribution in [3.8, 4) is 0 Å². The first-order chi connectivity index (χ1) is 11.1. The highest BCUT2D eigenvalue weighted by molar-refractivity contribution is 5.96. The van der Waals surface area contributed by atoms with Crippen molar-refractivity contribution < 1.29 is 13.6 Å². The van der Waals surface area contributed by atoms with E-state index in [0.29, 0.717) is 6.54 Å². The van der Waals surface area contributed by atoms with Gasteiger partial charge in [0.15, 0.2) is 0 Å². The van der Waals surface area contributed by atoms with Crippen molar-refractivity contribution in [2.75, 3.05) is 16.8 Å². The third-order valence-electron chi connectivity index (χ3n) is 4.06. The first-order valence-corrected chi connectivity index (χ1v) is 7.65. The molecule has 0 bridgehead atoms. The van der Waals surface area contributed by atoms with Crippen LogP contribution in [0.1, 0.15) is 18.9 Å². The summed E-state index contributed by atoms with van der Waals surface area (Å²) in [5.41, 5.74) is 2.33. The van der Waals surface area contributed by atoms with Crippen LogP contribution in [0, 0.1) is 11.6 Å². The van der Waals surface area contributed by atoms with Crippen molar-refractivity contribution in [3.63, 3.8) is 0 Å². The Morgan fingerprint density at radius 1 is 1.26 bits per heavy atom. The van der Waals surface area contributed by atoms with E-state index in [2.05, 4.69) is 5.32 Å². The van der Waals surface area contributed by atoms with E-state index in [1.54, 1.807) is 4.90 Å². The van der Waals surface area contributed by atoms with Gasteiger partial charge < -0.3 is 10.2 Å². The number of para-hydroxylation sites is 1. The number of fused-ring (bicyclic) bond motifs is 1. The van der Waals surface area contributed by atoms with E-state index in [0.717, 1.165) is 18.2 Å². The van der Waals surface area contributed by atoms with Crippen molar-refractivity contribution in [2.45, 2.75) is 25.8 Å². The van der Waals surface area contributed by atoms with Gasteiger partial charge in [-0.2, -0.15) is 0 Å². The van der Waals surface area contributed by atoms with Crippen molar-refractivity contribution in [3.05, 3.63) is 59.7 Å². The highest BCUT2D eigenvalue weighted by Gasteiger charge is 2.29. The molecule has 0 fully saturated rings. The van der Waals surface area contributed by atoms with Gasteiger partial charge in [0.1, 0.15) is 11.6 Å². The van der Waals surface area contributed by atoms with Crippen molar-refractivity contribution in [2.24, 2.45) is 0 Å². The molecule has 120 valence electrons. The van der Waals surface area contributed by atoms with Crippen LogP contribution >= 0.6 is 0 Å². The van der Waals surface area contributed by atoms with Gasteiger partial charge in [-0.3, -0.25) is 4.79 Å². The molecule has 5 heteroatoms. The second-order valence-electron chi connectivity index (χ2n) is 5.75. The quantitative estimate of drug-likeness (QED) is 0.932. The number of carbonyl (C=O) groups excluding carboxylic acids is 1. The van der Waals surface area contributed by atoms with E-state index in [1.807, 2.05) is 31.2 Å². The fraction of sp³-hybridized carbons (Fsp3) is 0.278. The van der Waals surface area contributed by atoms with Crippen LogP contribution in [0.25, 0.3) is 0 Å². The maximum absolute atomic E-state index is 13.5. The van der Waals surface area contributed by atoms with Crippen LogP contribution < -0.4 is 10.2 Å². The Bertz CT molecular complexity index is 733. The first kappa shape index (κ1) is 15.5. The number of amides is 1. The molecule has 2 aromatic rings. The summed E-state index contributed by atoms with van der Waals surface area (Å²) in [6, 6.07) is 11.3. The second kappa shape index (κ2) is 6.36. The number of nitrogens with one attached hydrogen (secondary N) is 1. The van der Waals surface area contributed by atoms with Gasteiger partial charge in [0, 0.05) is 30.8 Å². The number of hydrogen-bond acceptors (Lipinski definition) is 2. The second-order valence-corrected chi connectivity index (χ2v) is 5.75. The van der Waals surface area contributed by atoms with Crippen LogP contribution in [-0.4, -0.2) is 18.5 Å². The molecule has 0 saturated heterocycles. The minimum Gasteiger partial charge on any atom is -0.382 e. The molecule has 23 heavy (non-hydrogen) atoms. The van der Waals surface area contributed by atoms with Crippen molar-refractivity contribution in [1.29, 1.82) is 0 Å². The molecule has 1 aliphatic rings. The molecule has 0 saturated carbocycles. The zero-order valence-electron chi connectivity index (χ0n) is 12.9. The maximum atomic E-state index is 13.5. The van der Waals surface area contributed by atoms with Crippen LogP contribution in [0.5, 0.6) is 0 Å². The molecule has 1 amide bonds. The minimum atomic E-state index is -0.655. The Labute approximate surface area is 133 Å². The summed E-state index contributed by atoms with van der Waals surface area (Å²) < 4.78 is 26.4. The summed E-state index contributed by atoms with van der Waals surface area (Å²) in [6.45, 7) is 2.32. The van der Waals surface area contributed by atoms with Crippen LogP contribution in [-0.2, 0) is 11.2 Å². The molecular weight excluding hydrogens is 298 g/mol. The number of nitrogens with zero attached hydrogens (tertiary/aromatic N) is 1. The van der Waals surface area contributed by atoms with Crippen LogP contribution in [0.4, 0.5) is 20.2 Å². The fourth-order valence-corrected chi connectivity index (χ4v) is 3.00. The minimum absolute atomic E-state index is 0.00234. The third-order valence-corrected chi connectivity index (χ3v) is 4.06. The van der Waals surface area contributed by atoms with Gasteiger partial charge in [0.05, 0.1) is 5.69 Å². The van der Waals surface area contributed by atoms with Gasteiger partial charge in [-0.1, -0.05) is 18.2 Å². The molecule has 1 heterocycles. The van der Waals surface area contributed by atoms with E-state index in [1.165, 1.54) is 17.7 Å². The number of rotatable bonds is 4. The molecule has 3 rings (SSSR count). The topological polar surface area (TPSA) is 32.3 Å². The summed E-state index contributed by atoms with van der Waals surface area (Å²) >= 11 is 0. The summed E-state index contributed by atoms with van der Waals surface area (Å²) in [4.78, 5) is 14.3. The Morgan fingerprint density at radius 2 is 2.04 bits per heavy atom. The highest BCUT2D eigenvalue weighted by atomic mass is 19.1. The monoisotopic (exact) mass is 316 g/mol. The molecule has 1 unspecified atom stereocenters. The number of anilines is 2. The van der Waals surface area contributed by atoms with E-state index in [9.17, 15) is 13.6 Å². The lowest BCUT2D eigenvalue weighted by atomic mass is 10.1. The Balaban J connectivity index is 1.62. The SMILES string of the molecule is CC1Cc2ccccc2N1C(=O)CCNc1ccc(F)cc1F. The molecule has 2 aromatic carbocycles. The predicted octanol–water partition coefficient (Wildman–Crippen LogP) is 3.74. The smallest absolute Gasteiger partial charge is 0.229 e. The van der Waals surface area contributed by atoms with Crippen LogP contribution in [0.15, 0.2) is 42.5 Å². The largest absolute Gasteiger partial charge is 0.382 e. The maximum Gasteiger partial charge on any atom is 0.229 e. The first-order valence-electron chi connectivity index (χ1n) is 7.65. The number of carbonyl (C=O) groups is 1. The summed E-state index contributed by atoms with van der Waals surface area (Å²) in [7, 11) is 0. The molecule has 1 aliphatic heterocycles. The van der Waals surface area contributed by atoms with Crippen molar-refractivity contribution in [1.82, 2.24) is 0 Å².